The zero-order chi connectivity index (χ0) is 22.7. The van der Waals surface area contributed by atoms with E-state index in [1.54, 1.807) is 11.9 Å². The SMILES string of the molecule is Cc1cc(CN(C)C(=O)c2ccc(C[C@@H]3CC[C@H]([C@H](O)c4ccc(Cl)cc4)N3)cc2)n[nH]1. The van der Waals surface area contributed by atoms with Crippen molar-refractivity contribution in [1.29, 1.82) is 0 Å². The third kappa shape index (κ3) is 5.38. The van der Waals surface area contributed by atoms with Gasteiger partial charge in [-0.05, 0) is 67.6 Å². The number of hydrogen-bond donors (Lipinski definition) is 3. The monoisotopic (exact) mass is 452 g/mol. The number of rotatable bonds is 7. The van der Waals surface area contributed by atoms with Gasteiger partial charge in [0, 0.05) is 35.4 Å². The molecule has 2 aromatic carbocycles. The maximum atomic E-state index is 12.7. The van der Waals surface area contributed by atoms with E-state index < -0.39 is 6.10 Å². The molecule has 1 aliphatic rings. The van der Waals surface area contributed by atoms with Crippen LogP contribution in [0, 0.1) is 6.92 Å². The van der Waals surface area contributed by atoms with Crippen LogP contribution in [0.3, 0.4) is 0 Å². The molecule has 3 N–H and O–H groups in total. The second kappa shape index (κ2) is 9.86. The number of aryl methyl sites for hydroxylation is 1. The van der Waals surface area contributed by atoms with Crippen molar-refractivity contribution >= 4 is 17.5 Å². The van der Waals surface area contributed by atoms with Crippen LogP contribution in [-0.4, -0.2) is 45.2 Å². The largest absolute Gasteiger partial charge is 0.387 e. The molecule has 168 valence electrons. The lowest BCUT2D eigenvalue weighted by Gasteiger charge is -2.21. The number of amides is 1. The van der Waals surface area contributed by atoms with Gasteiger partial charge in [-0.1, -0.05) is 35.9 Å². The van der Waals surface area contributed by atoms with Crippen molar-refractivity contribution in [3.8, 4) is 0 Å². The summed E-state index contributed by atoms with van der Waals surface area (Å²) in [5.41, 5.74) is 4.54. The van der Waals surface area contributed by atoms with Gasteiger partial charge in [-0.3, -0.25) is 9.89 Å². The van der Waals surface area contributed by atoms with Crippen molar-refractivity contribution in [2.24, 2.45) is 0 Å². The number of benzene rings is 2. The van der Waals surface area contributed by atoms with Crippen LogP contribution in [0.1, 0.15) is 51.8 Å². The molecule has 32 heavy (non-hydrogen) atoms. The predicted molar refractivity (Wildman–Crippen MR) is 126 cm³/mol. The Morgan fingerprint density at radius 1 is 1.19 bits per heavy atom. The number of aromatic amines is 1. The van der Waals surface area contributed by atoms with Crippen molar-refractivity contribution in [3.05, 3.63) is 87.7 Å². The molecule has 1 saturated heterocycles. The van der Waals surface area contributed by atoms with E-state index in [1.807, 2.05) is 61.5 Å². The van der Waals surface area contributed by atoms with E-state index in [-0.39, 0.29) is 11.9 Å². The number of aliphatic hydroxyl groups is 1. The summed E-state index contributed by atoms with van der Waals surface area (Å²) in [6.45, 7) is 2.41. The molecule has 1 aromatic heterocycles. The van der Waals surface area contributed by atoms with Crippen LogP contribution < -0.4 is 5.32 Å². The molecule has 0 bridgehead atoms. The molecule has 7 heteroatoms. The van der Waals surface area contributed by atoms with Crippen molar-refractivity contribution in [1.82, 2.24) is 20.4 Å². The van der Waals surface area contributed by atoms with E-state index >= 15 is 0 Å². The van der Waals surface area contributed by atoms with Crippen molar-refractivity contribution < 1.29 is 9.90 Å². The van der Waals surface area contributed by atoms with Crippen molar-refractivity contribution in [2.75, 3.05) is 7.05 Å². The van der Waals surface area contributed by atoms with E-state index in [2.05, 4.69) is 15.5 Å². The van der Waals surface area contributed by atoms with Crippen LogP contribution in [0.2, 0.25) is 5.02 Å². The van der Waals surface area contributed by atoms with Crippen molar-refractivity contribution in [2.45, 2.75) is 50.9 Å². The fourth-order valence-electron chi connectivity index (χ4n) is 4.31. The Labute approximate surface area is 193 Å². The standard InChI is InChI=1S/C25H29ClN4O2/c1-16-13-22(29-28-16)15-30(2)25(32)19-5-3-17(4-6-19)14-21-11-12-23(27-21)24(31)18-7-9-20(26)10-8-18/h3-10,13,21,23-24,27,31H,11-12,14-15H2,1-2H3,(H,28,29)/t21-,23+,24+/m0/s1. The van der Waals surface area contributed by atoms with Crippen LogP contribution in [0.25, 0.3) is 0 Å². The molecule has 0 unspecified atom stereocenters. The minimum atomic E-state index is -0.550. The second-order valence-electron chi connectivity index (χ2n) is 8.65. The molecule has 0 saturated carbocycles. The van der Waals surface area contributed by atoms with Gasteiger partial charge in [0.25, 0.3) is 5.91 Å². The predicted octanol–water partition coefficient (Wildman–Crippen LogP) is 4.04. The highest BCUT2D eigenvalue weighted by Gasteiger charge is 2.30. The third-order valence-electron chi connectivity index (χ3n) is 6.06. The molecule has 6 nitrogen and oxygen atoms in total. The summed E-state index contributed by atoms with van der Waals surface area (Å²) in [6.07, 6.45) is 2.23. The molecule has 0 spiro atoms. The zero-order valence-electron chi connectivity index (χ0n) is 18.4. The summed E-state index contributed by atoms with van der Waals surface area (Å²) in [6, 6.07) is 17.5. The molecule has 1 fully saturated rings. The number of hydrogen-bond acceptors (Lipinski definition) is 4. The van der Waals surface area contributed by atoms with Crippen LogP contribution >= 0.6 is 11.6 Å². The van der Waals surface area contributed by atoms with Crippen LogP contribution in [0.15, 0.2) is 54.6 Å². The molecule has 0 radical (unpaired) electrons. The van der Waals surface area contributed by atoms with Gasteiger partial charge in [0.1, 0.15) is 0 Å². The summed E-state index contributed by atoms with van der Waals surface area (Å²) >= 11 is 5.95. The van der Waals surface area contributed by atoms with Gasteiger partial charge in [0.15, 0.2) is 0 Å². The molecular weight excluding hydrogens is 424 g/mol. The number of nitrogens with zero attached hydrogens (tertiary/aromatic N) is 2. The molecule has 1 aliphatic heterocycles. The number of H-pyrrole nitrogens is 1. The quantitative estimate of drug-likeness (QED) is 0.505. The van der Waals surface area contributed by atoms with Crippen LogP contribution in [0.5, 0.6) is 0 Å². The highest BCUT2D eigenvalue weighted by Crippen LogP contribution is 2.27. The Balaban J connectivity index is 1.30. The van der Waals surface area contributed by atoms with E-state index in [4.69, 9.17) is 11.6 Å². The van der Waals surface area contributed by atoms with E-state index in [1.165, 1.54) is 5.56 Å². The Morgan fingerprint density at radius 3 is 2.56 bits per heavy atom. The summed E-state index contributed by atoms with van der Waals surface area (Å²) in [4.78, 5) is 14.4. The summed E-state index contributed by atoms with van der Waals surface area (Å²) in [5.74, 6) is -0.0256. The maximum Gasteiger partial charge on any atom is 0.253 e. The van der Waals surface area contributed by atoms with E-state index in [0.717, 1.165) is 36.2 Å². The Kier molecular flexibility index (Phi) is 6.94. The second-order valence-corrected chi connectivity index (χ2v) is 9.08. The smallest absolute Gasteiger partial charge is 0.253 e. The Bertz CT molecular complexity index is 1050. The summed E-state index contributed by atoms with van der Waals surface area (Å²) in [5, 5.41) is 22.0. The highest BCUT2D eigenvalue weighted by molar-refractivity contribution is 6.30. The number of carbonyl (C=O) groups is 1. The third-order valence-corrected chi connectivity index (χ3v) is 6.31. The lowest BCUT2D eigenvalue weighted by atomic mass is 10.0. The number of halogens is 1. The highest BCUT2D eigenvalue weighted by atomic mass is 35.5. The number of aromatic nitrogens is 2. The fraction of sp³-hybridized carbons (Fsp3) is 0.360. The molecule has 4 rings (SSSR count). The number of carbonyl (C=O) groups excluding carboxylic acids is 1. The van der Waals surface area contributed by atoms with Gasteiger partial charge < -0.3 is 15.3 Å². The topological polar surface area (TPSA) is 81.2 Å². The average Bonchev–Trinajstić information content (AvgIpc) is 3.42. The van der Waals surface area contributed by atoms with Gasteiger partial charge in [-0.2, -0.15) is 5.10 Å². The van der Waals surface area contributed by atoms with Gasteiger partial charge in [-0.15, -0.1) is 0 Å². The van der Waals surface area contributed by atoms with Gasteiger partial charge in [-0.25, -0.2) is 0 Å². The fourth-order valence-corrected chi connectivity index (χ4v) is 4.44. The van der Waals surface area contributed by atoms with Crippen LogP contribution in [-0.2, 0) is 13.0 Å². The lowest BCUT2D eigenvalue weighted by Crippen LogP contribution is -2.35. The first-order chi connectivity index (χ1) is 15.4. The zero-order valence-corrected chi connectivity index (χ0v) is 19.1. The van der Waals surface area contributed by atoms with E-state index in [0.29, 0.717) is 23.2 Å². The maximum absolute atomic E-state index is 12.7. The summed E-state index contributed by atoms with van der Waals surface area (Å²) in [7, 11) is 1.79. The first-order valence-corrected chi connectivity index (χ1v) is 11.3. The van der Waals surface area contributed by atoms with E-state index in [9.17, 15) is 9.90 Å². The average molecular weight is 453 g/mol. The minimum absolute atomic E-state index is 0.0256. The summed E-state index contributed by atoms with van der Waals surface area (Å²) < 4.78 is 0. The van der Waals surface area contributed by atoms with Crippen molar-refractivity contribution in [3.63, 3.8) is 0 Å². The van der Waals surface area contributed by atoms with Gasteiger partial charge in [0.2, 0.25) is 0 Å². The first kappa shape index (κ1) is 22.5. The molecule has 1 amide bonds. The molecule has 2 heterocycles. The first-order valence-electron chi connectivity index (χ1n) is 10.9. The minimum Gasteiger partial charge on any atom is -0.387 e. The molecule has 3 aromatic rings. The Hall–Kier alpha value is -2.67. The van der Waals surface area contributed by atoms with Gasteiger partial charge >= 0.3 is 0 Å². The molecule has 0 aliphatic carbocycles. The Morgan fingerprint density at radius 2 is 1.91 bits per heavy atom. The van der Waals surface area contributed by atoms with Crippen LogP contribution in [0.4, 0.5) is 0 Å². The lowest BCUT2D eigenvalue weighted by molar-refractivity contribution is 0.0783. The normalized spacial score (nSPS) is 19.1. The number of nitrogens with one attached hydrogen (secondary N) is 2. The van der Waals surface area contributed by atoms with Gasteiger partial charge in [0.05, 0.1) is 18.3 Å². The molecule has 3 atom stereocenters. The number of aliphatic hydroxyl groups excluding tert-OH is 1. The molecular formula is C25H29ClN4O2.